The summed E-state index contributed by atoms with van der Waals surface area (Å²) in [6.45, 7) is 12.3. The SMILES string of the molecule is C=C(C)CNCC(O)COCC(C)C. The van der Waals surface area contributed by atoms with E-state index in [2.05, 4.69) is 25.7 Å². The molecule has 14 heavy (non-hydrogen) atoms. The summed E-state index contributed by atoms with van der Waals surface area (Å²) >= 11 is 0. The van der Waals surface area contributed by atoms with Crippen LogP contribution < -0.4 is 5.32 Å². The molecule has 2 N–H and O–H groups in total. The summed E-state index contributed by atoms with van der Waals surface area (Å²) in [4.78, 5) is 0. The van der Waals surface area contributed by atoms with Gasteiger partial charge in [0.2, 0.25) is 0 Å². The van der Waals surface area contributed by atoms with Crippen LogP contribution in [0.25, 0.3) is 0 Å². The number of aliphatic hydroxyl groups excluding tert-OH is 1. The lowest BCUT2D eigenvalue weighted by Crippen LogP contribution is -2.31. The second-order valence-corrected chi connectivity index (χ2v) is 4.17. The van der Waals surface area contributed by atoms with E-state index in [0.29, 0.717) is 25.7 Å². The average Bonchev–Trinajstić information content (AvgIpc) is 2.02. The van der Waals surface area contributed by atoms with Gasteiger partial charge < -0.3 is 15.2 Å². The predicted octanol–water partition coefficient (Wildman–Crippen LogP) is 1.19. The smallest absolute Gasteiger partial charge is 0.0897 e. The molecule has 0 aliphatic heterocycles. The van der Waals surface area contributed by atoms with Crippen molar-refractivity contribution in [2.75, 3.05) is 26.3 Å². The first-order chi connectivity index (χ1) is 6.52. The summed E-state index contributed by atoms with van der Waals surface area (Å²) in [5.41, 5.74) is 1.07. The monoisotopic (exact) mass is 201 g/mol. The Hall–Kier alpha value is -0.380. The topological polar surface area (TPSA) is 41.5 Å². The van der Waals surface area contributed by atoms with Crippen LogP contribution in [0.2, 0.25) is 0 Å². The van der Waals surface area contributed by atoms with Crippen LogP contribution in [0.1, 0.15) is 20.8 Å². The highest BCUT2D eigenvalue weighted by atomic mass is 16.5. The van der Waals surface area contributed by atoms with E-state index in [0.717, 1.165) is 12.1 Å². The van der Waals surface area contributed by atoms with E-state index in [1.54, 1.807) is 0 Å². The molecule has 0 heterocycles. The van der Waals surface area contributed by atoms with Crippen molar-refractivity contribution in [1.29, 1.82) is 0 Å². The summed E-state index contributed by atoms with van der Waals surface area (Å²) in [5, 5.41) is 12.6. The van der Waals surface area contributed by atoms with Crippen LogP contribution in [-0.4, -0.2) is 37.5 Å². The van der Waals surface area contributed by atoms with Crippen molar-refractivity contribution in [2.24, 2.45) is 5.92 Å². The fraction of sp³-hybridized carbons (Fsp3) is 0.818. The second kappa shape index (κ2) is 7.97. The molecule has 1 unspecified atom stereocenters. The first-order valence-corrected chi connectivity index (χ1v) is 5.13. The lowest BCUT2D eigenvalue weighted by atomic mass is 10.2. The van der Waals surface area contributed by atoms with Crippen molar-refractivity contribution in [2.45, 2.75) is 26.9 Å². The minimum absolute atomic E-state index is 0.404. The molecule has 0 radical (unpaired) electrons. The van der Waals surface area contributed by atoms with Crippen molar-refractivity contribution in [3.05, 3.63) is 12.2 Å². The lowest BCUT2D eigenvalue weighted by Gasteiger charge is -2.13. The van der Waals surface area contributed by atoms with Gasteiger partial charge in [-0.2, -0.15) is 0 Å². The van der Waals surface area contributed by atoms with E-state index in [4.69, 9.17) is 4.74 Å². The zero-order valence-electron chi connectivity index (χ0n) is 9.55. The van der Waals surface area contributed by atoms with Gasteiger partial charge in [0.05, 0.1) is 12.7 Å². The maximum atomic E-state index is 9.46. The molecular weight excluding hydrogens is 178 g/mol. The number of rotatable bonds is 8. The molecule has 0 fully saturated rings. The minimum Gasteiger partial charge on any atom is -0.389 e. The Kier molecular flexibility index (Phi) is 7.76. The highest BCUT2D eigenvalue weighted by Crippen LogP contribution is 1.93. The number of hydrogen-bond acceptors (Lipinski definition) is 3. The van der Waals surface area contributed by atoms with Crippen LogP contribution in [0.4, 0.5) is 0 Å². The van der Waals surface area contributed by atoms with Gasteiger partial charge in [-0.15, -0.1) is 0 Å². The molecule has 0 rings (SSSR count). The van der Waals surface area contributed by atoms with Gasteiger partial charge in [0.1, 0.15) is 0 Å². The van der Waals surface area contributed by atoms with E-state index in [9.17, 15) is 5.11 Å². The zero-order chi connectivity index (χ0) is 11.0. The van der Waals surface area contributed by atoms with Gasteiger partial charge in [-0.1, -0.05) is 26.0 Å². The third-order valence-corrected chi connectivity index (χ3v) is 1.57. The Labute approximate surface area is 87.2 Å². The second-order valence-electron chi connectivity index (χ2n) is 4.17. The largest absolute Gasteiger partial charge is 0.389 e. The highest BCUT2D eigenvalue weighted by Gasteiger charge is 2.03. The van der Waals surface area contributed by atoms with Gasteiger partial charge in [-0.25, -0.2) is 0 Å². The minimum atomic E-state index is -0.423. The molecule has 0 aromatic heterocycles. The summed E-state index contributed by atoms with van der Waals surface area (Å²) in [6.07, 6.45) is -0.423. The number of nitrogens with one attached hydrogen (secondary N) is 1. The molecule has 0 aliphatic carbocycles. The molecule has 0 saturated heterocycles. The summed E-state index contributed by atoms with van der Waals surface area (Å²) < 4.78 is 5.30. The van der Waals surface area contributed by atoms with Crippen LogP contribution in [0.15, 0.2) is 12.2 Å². The van der Waals surface area contributed by atoms with Crippen molar-refractivity contribution >= 4 is 0 Å². The number of hydrogen-bond donors (Lipinski definition) is 2. The van der Waals surface area contributed by atoms with Gasteiger partial charge in [-0.3, -0.25) is 0 Å². The van der Waals surface area contributed by atoms with Crippen molar-refractivity contribution in [3.8, 4) is 0 Å². The fourth-order valence-corrected chi connectivity index (χ4v) is 0.951. The van der Waals surface area contributed by atoms with Crippen molar-refractivity contribution < 1.29 is 9.84 Å². The van der Waals surface area contributed by atoms with Crippen molar-refractivity contribution in [1.82, 2.24) is 5.32 Å². The molecule has 0 spiro atoms. The summed E-state index contributed by atoms with van der Waals surface area (Å²) in [5.74, 6) is 0.519. The third-order valence-electron chi connectivity index (χ3n) is 1.57. The van der Waals surface area contributed by atoms with Crippen LogP contribution in [-0.2, 0) is 4.74 Å². The molecule has 0 aromatic rings. The van der Waals surface area contributed by atoms with Gasteiger partial charge in [0.15, 0.2) is 0 Å². The molecule has 0 bridgehead atoms. The predicted molar refractivity (Wildman–Crippen MR) is 59.3 cm³/mol. The molecule has 0 aliphatic rings. The Balaban J connectivity index is 3.27. The van der Waals surface area contributed by atoms with Crippen LogP contribution in [0, 0.1) is 5.92 Å². The molecule has 3 heteroatoms. The van der Waals surface area contributed by atoms with E-state index in [1.165, 1.54) is 0 Å². The van der Waals surface area contributed by atoms with Crippen molar-refractivity contribution in [3.63, 3.8) is 0 Å². The zero-order valence-corrected chi connectivity index (χ0v) is 9.55. The first kappa shape index (κ1) is 13.6. The molecule has 1 atom stereocenters. The van der Waals surface area contributed by atoms with E-state index < -0.39 is 6.10 Å². The number of aliphatic hydroxyl groups is 1. The quantitative estimate of drug-likeness (QED) is 0.580. The Morgan fingerprint density at radius 1 is 1.43 bits per heavy atom. The molecule has 0 amide bonds. The van der Waals surface area contributed by atoms with E-state index in [-0.39, 0.29) is 0 Å². The Bertz CT molecular complexity index is 157. The molecule has 0 aromatic carbocycles. The Morgan fingerprint density at radius 3 is 2.57 bits per heavy atom. The maximum Gasteiger partial charge on any atom is 0.0897 e. The fourth-order valence-electron chi connectivity index (χ4n) is 0.951. The van der Waals surface area contributed by atoms with Gasteiger partial charge in [0, 0.05) is 19.7 Å². The van der Waals surface area contributed by atoms with Crippen LogP contribution in [0.5, 0.6) is 0 Å². The normalized spacial score (nSPS) is 13.2. The third kappa shape index (κ3) is 9.71. The van der Waals surface area contributed by atoms with Crippen LogP contribution in [0.3, 0.4) is 0 Å². The molecule has 0 saturated carbocycles. The first-order valence-electron chi connectivity index (χ1n) is 5.13. The highest BCUT2D eigenvalue weighted by molar-refractivity contribution is 4.90. The number of ether oxygens (including phenoxy) is 1. The summed E-state index contributed by atoms with van der Waals surface area (Å²) in [6, 6.07) is 0. The standard InChI is InChI=1S/C11H23NO2/c1-9(2)5-12-6-11(13)8-14-7-10(3)4/h10-13H,1,5-8H2,2-4H3. The maximum absolute atomic E-state index is 9.46. The molecular formula is C11H23NO2. The molecule has 84 valence electrons. The van der Waals surface area contributed by atoms with Gasteiger partial charge in [0.25, 0.3) is 0 Å². The Morgan fingerprint density at radius 2 is 2.07 bits per heavy atom. The van der Waals surface area contributed by atoms with E-state index in [1.807, 2.05) is 6.92 Å². The summed E-state index contributed by atoms with van der Waals surface area (Å²) in [7, 11) is 0. The average molecular weight is 201 g/mol. The van der Waals surface area contributed by atoms with Gasteiger partial charge in [-0.05, 0) is 12.8 Å². The van der Waals surface area contributed by atoms with E-state index >= 15 is 0 Å². The lowest BCUT2D eigenvalue weighted by molar-refractivity contribution is 0.0265. The van der Waals surface area contributed by atoms with Gasteiger partial charge >= 0.3 is 0 Å². The molecule has 3 nitrogen and oxygen atoms in total. The van der Waals surface area contributed by atoms with Crippen LogP contribution >= 0.6 is 0 Å².